The van der Waals surface area contributed by atoms with Crippen LogP contribution in [0.2, 0.25) is 5.02 Å². The number of halogens is 1. The number of hydrogen-bond donors (Lipinski definition) is 0. The van der Waals surface area contributed by atoms with Crippen molar-refractivity contribution in [1.82, 2.24) is 14.5 Å². The summed E-state index contributed by atoms with van der Waals surface area (Å²) in [5.41, 5.74) is 2.25. The van der Waals surface area contributed by atoms with Crippen molar-refractivity contribution < 1.29 is 0 Å². The minimum atomic E-state index is 0.0650. The number of hydrogen-bond acceptors (Lipinski definition) is 5. The highest BCUT2D eigenvalue weighted by Crippen LogP contribution is 2.35. The topological polar surface area (TPSA) is 38.1 Å². The Morgan fingerprint density at radius 3 is 2.86 bits per heavy atom. The van der Waals surface area contributed by atoms with Crippen LogP contribution in [0.1, 0.15) is 22.4 Å². The highest BCUT2D eigenvalue weighted by Gasteiger charge is 2.29. The molecule has 1 aliphatic carbocycles. The van der Waals surface area contributed by atoms with E-state index in [-0.39, 0.29) is 5.56 Å². The van der Waals surface area contributed by atoms with Crippen molar-refractivity contribution in [2.45, 2.75) is 31.8 Å². The third-order valence-electron chi connectivity index (χ3n) is 5.87. The summed E-state index contributed by atoms with van der Waals surface area (Å²) in [5.74, 6) is 2.48. The van der Waals surface area contributed by atoms with Gasteiger partial charge in [-0.05, 0) is 36.5 Å². The van der Waals surface area contributed by atoms with Gasteiger partial charge in [0.15, 0.2) is 0 Å². The van der Waals surface area contributed by atoms with Crippen LogP contribution in [-0.2, 0) is 19.4 Å². The predicted molar refractivity (Wildman–Crippen MR) is 119 cm³/mol. The Labute approximate surface area is 177 Å². The molecule has 1 aliphatic heterocycles. The van der Waals surface area contributed by atoms with Gasteiger partial charge in [-0.3, -0.25) is 14.3 Å². The molecule has 0 radical (unpaired) electrons. The van der Waals surface area contributed by atoms with Crippen molar-refractivity contribution in [3.63, 3.8) is 0 Å². The molecule has 1 saturated heterocycles. The Morgan fingerprint density at radius 2 is 2.04 bits per heavy atom. The quantitative estimate of drug-likeness (QED) is 0.626. The van der Waals surface area contributed by atoms with Gasteiger partial charge in [0, 0.05) is 40.5 Å². The zero-order valence-electron chi connectivity index (χ0n) is 15.6. The Hall–Kier alpha value is -1.34. The normalized spacial score (nSPS) is 20.4. The van der Waals surface area contributed by atoms with Crippen LogP contribution in [0.3, 0.4) is 0 Å². The van der Waals surface area contributed by atoms with E-state index in [2.05, 4.69) is 21.6 Å². The Kier molecular flexibility index (Phi) is 5.22. The number of aryl methyl sites for hydroxylation is 1. The Morgan fingerprint density at radius 1 is 1.21 bits per heavy atom. The van der Waals surface area contributed by atoms with Gasteiger partial charge in [0.05, 0.1) is 18.3 Å². The van der Waals surface area contributed by atoms with E-state index in [1.807, 2.05) is 24.3 Å². The smallest absolute Gasteiger partial charge is 0.262 e. The molecule has 4 nitrogen and oxygen atoms in total. The molecule has 1 aromatic carbocycles. The molecular formula is C21H22ClN3OS2. The molecule has 1 unspecified atom stereocenters. The number of nitrogens with zero attached hydrogens (tertiary/aromatic N) is 3. The molecule has 1 atom stereocenters. The minimum Gasteiger partial charge on any atom is -0.298 e. The second kappa shape index (κ2) is 7.82. The first-order valence-electron chi connectivity index (χ1n) is 9.75. The van der Waals surface area contributed by atoms with Crippen LogP contribution in [0.5, 0.6) is 0 Å². The van der Waals surface area contributed by atoms with Gasteiger partial charge in [-0.25, -0.2) is 4.98 Å². The molecule has 146 valence electrons. The third-order valence-corrected chi connectivity index (χ3v) is 8.34. The molecule has 0 bridgehead atoms. The minimum absolute atomic E-state index is 0.0650. The first kappa shape index (κ1) is 18.7. The van der Waals surface area contributed by atoms with Crippen molar-refractivity contribution >= 4 is 44.9 Å². The average Bonchev–Trinajstić information content (AvgIpc) is 3.10. The van der Waals surface area contributed by atoms with E-state index in [4.69, 9.17) is 11.6 Å². The lowest BCUT2D eigenvalue weighted by Gasteiger charge is -2.36. The lowest BCUT2D eigenvalue weighted by molar-refractivity contribution is 0.199. The fraction of sp³-hybridized carbons (Fsp3) is 0.429. The molecule has 0 spiro atoms. The molecule has 2 aliphatic rings. The molecule has 5 rings (SSSR count). The highest BCUT2D eigenvalue weighted by molar-refractivity contribution is 7.99. The van der Waals surface area contributed by atoms with Crippen molar-refractivity contribution in [2.24, 2.45) is 0 Å². The van der Waals surface area contributed by atoms with E-state index < -0.39 is 0 Å². The monoisotopic (exact) mass is 431 g/mol. The first-order chi connectivity index (χ1) is 13.7. The maximum absolute atomic E-state index is 13.2. The summed E-state index contributed by atoms with van der Waals surface area (Å²) in [7, 11) is 0. The van der Waals surface area contributed by atoms with E-state index in [0.717, 1.165) is 35.0 Å². The molecule has 1 fully saturated rings. The molecule has 0 saturated carbocycles. The second-order valence-electron chi connectivity index (χ2n) is 7.50. The second-order valence-corrected chi connectivity index (χ2v) is 10.2. The summed E-state index contributed by atoms with van der Waals surface area (Å²) in [4.78, 5) is 22.8. The predicted octanol–water partition coefficient (Wildman–Crippen LogP) is 4.07. The molecule has 28 heavy (non-hydrogen) atoms. The molecule has 0 amide bonds. The molecule has 3 heterocycles. The first-order valence-corrected chi connectivity index (χ1v) is 12.1. The number of aromatic nitrogens is 2. The zero-order chi connectivity index (χ0) is 19.1. The third kappa shape index (κ3) is 3.41. The van der Waals surface area contributed by atoms with Crippen LogP contribution in [-0.4, -0.2) is 45.1 Å². The number of thiophene rings is 1. The lowest BCUT2D eigenvalue weighted by Crippen LogP contribution is -2.43. The largest absolute Gasteiger partial charge is 0.298 e. The van der Waals surface area contributed by atoms with E-state index >= 15 is 0 Å². The molecular weight excluding hydrogens is 410 g/mol. The number of rotatable bonds is 3. The lowest BCUT2D eigenvalue weighted by atomic mass is 9.92. The van der Waals surface area contributed by atoms with E-state index in [0.29, 0.717) is 17.6 Å². The van der Waals surface area contributed by atoms with Gasteiger partial charge in [-0.2, -0.15) is 11.8 Å². The SMILES string of the molecule is O=c1c2c3c(sc2ncn1Cc1ccccc1Cl)CC(N1CCSCC1)CC3. The molecule has 2 aromatic heterocycles. The summed E-state index contributed by atoms with van der Waals surface area (Å²) in [6.45, 7) is 2.84. The van der Waals surface area contributed by atoms with Gasteiger partial charge >= 0.3 is 0 Å². The van der Waals surface area contributed by atoms with Crippen molar-refractivity contribution in [3.8, 4) is 0 Å². The van der Waals surface area contributed by atoms with Gasteiger partial charge in [-0.15, -0.1) is 11.3 Å². The van der Waals surface area contributed by atoms with Crippen LogP contribution in [0, 0.1) is 0 Å². The fourth-order valence-corrected chi connectivity index (χ4v) is 6.74. The van der Waals surface area contributed by atoms with Crippen molar-refractivity contribution in [2.75, 3.05) is 24.6 Å². The average molecular weight is 432 g/mol. The van der Waals surface area contributed by atoms with E-state index in [9.17, 15) is 4.79 Å². The number of thioether (sulfide) groups is 1. The standard InChI is InChI=1S/C21H22ClN3OS2/c22-17-4-2-1-3-14(17)12-25-13-23-20-19(21(25)26)16-6-5-15(11-18(16)28-20)24-7-9-27-10-8-24/h1-4,13,15H,5-12H2. The highest BCUT2D eigenvalue weighted by atomic mass is 35.5. The summed E-state index contributed by atoms with van der Waals surface area (Å²) >= 11 is 10.1. The number of fused-ring (bicyclic) bond motifs is 3. The van der Waals surface area contributed by atoms with Crippen molar-refractivity contribution in [3.05, 3.63) is 62.0 Å². The van der Waals surface area contributed by atoms with Crippen LogP contribution >= 0.6 is 34.7 Å². The van der Waals surface area contributed by atoms with Gasteiger partial charge in [0.1, 0.15) is 4.83 Å². The Balaban J connectivity index is 1.47. The van der Waals surface area contributed by atoms with Gasteiger partial charge < -0.3 is 0 Å². The molecule has 7 heteroatoms. The maximum Gasteiger partial charge on any atom is 0.262 e. The fourth-order valence-electron chi connectivity index (χ4n) is 4.36. The summed E-state index contributed by atoms with van der Waals surface area (Å²) in [6.07, 6.45) is 4.86. The zero-order valence-corrected chi connectivity index (χ0v) is 18.0. The maximum atomic E-state index is 13.2. The van der Waals surface area contributed by atoms with Gasteiger partial charge in [0.25, 0.3) is 5.56 Å². The van der Waals surface area contributed by atoms with Gasteiger partial charge in [0.2, 0.25) is 0 Å². The summed E-state index contributed by atoms with van der Waals surface area (Å²) in [6, 6.07) is 8.29. The van der Waals surface area contributed by atoms with Crippen LogP contribution in [0.4, 0.5) is 0 Å². The molecule has 3 aromatic rings. The van der Waals surface area contributed by atoms with Crippen LogP contribution < -0.4 is 5.56 Å². The van der Waals surface area contributed by atoms with Gasteiger partial charge in [-0.1, -0.05) is 29.8 Å². The number of benzene rings is 1. The van der Waals surface area contributed by atoms with Crippen LogP contribution in [0.25, 0.3) is 10.2 Å². The van der Waals surface area contributed by atoms with Crippen molar-refractivity contribution in [1.29, 1.82) is 0 Å². The van der Waals surface area contributed by atoms with E-state index in [1.165, 1.54) is 35.0 Å². The van der Waals surface area contributed by atoms with E-state index in [1.54, 1.807) is 22.2 Å². The summed E-state index contributed by atoms with van der Waals surface area (Å²) < 4.78 is 1.70. The molecule has 0 N–H and O–H groups in total. The van der Waals surface area contributed by atoms with Crippen LogP contribution in [0.15, 0.2) is 35.4 Å². The summed E-state index contributed by atoms with van der Waals surface area (Å²) in [5, 5.41) is 1.52. The Bertz CT molecular complexity index is 1070.